The standard InChI is InChI=1S/C22H27N3O4/c1-23-22(27)24-21(26)20(15-8-5-4-6-9-15)25-13-7-10-18(25)17-12-11-16(28-2)14-19(17)29-3/h4-6,8-9,11-12,14,18,20H,7,10,13H2,1-3H3,(H2,23,24,26,27)/p+1/t18-,20-/m1/s1. The topological polar surface area (TPSA) is 81.1 Å². The fraction of sp³-hybridized carbons (Fsp3) is 0.364. The second-order valence-electron chi connectivity index (χ2n) is 7.04. The van der Waals surface area contributed by atoms with Crippen molar-refractivity contribution < 1.29 is 24.0 Å². The summed E-state index contributed by atoms with van der Waals surface area (Å²) in [5.74, 6) is 1.15. The first-order chi connectivity index (χ1) is 14.1. The predicted molar refractivity (Wildman–Crippen MR) is 109 cm³/mol. The summed E-state index contributed by atoms with van der Waals surface area (Å²) in [7, 11) is 4.75. The molecule has 3 atom stereocenters. The van der Waals surface area contributed by atoms with Crippen LogP contribution in [-0.2, 0) is 4.79 Å². The lowest BCUT2D eigenvalue weighted by atomic mass is 9.98. The van der Waals surface area contributed by atoms with Gasteiger partial charge in [0.2, 0.25) is 0 Å². The maximum absolute atomic E-state index is 13.1. The number of nitrogens with one attached hydrogen (secondary N) is 3. The number of imide groups is 1. The molecule has 2 aromatic carbocycles. The molecule has 2 aromatic rings. The molecule has 7 nitrogen and oxygen atoms in total. The van der Waals surface area contributed by atoms with Gasteiger partial charge in [0.05, 0.1) is 26.3 Å². The third kappa shape index (κ3) is 4.51. The number of benzene rings is 2. The molecule has 29 heavy (non-hydrogen) atoms. The van der Waals surface area contributed by atoms with E-state index in [9.17, 15) is 9.59 Å². The number of methoxy groups -OCH3 is 2. The third-order valence-corrected chi connectivity index (χ3v) is 5.45. The Morgan fingerprint density at radius 2 is 1.86 bits per heavy atom. The van der Waals surface area contributed by atoms with Crippen LogP contribution >= 0.6 is 0 Å². The molecule has 3 N–H and O–H groups in total. The second-order valence-corrected chi connectivity index (χ2v) is 7.04. The Morgan fingerprint density at radius 3 is 2.52 bits per heavy atom. The zero-order valence-corrected chi connectivity index (χ0v) is 17.0. The molecule has 0 aliphatic carbocycles. The molecule has 0 saturated carbocycles. The van der Waals surface area contributed by atoms with Crippen LogP contribution in [0, 0.1) is 0 Å². The van der Waals surface area contributed by atoms with Gasteiger partial charge in [0.15, 0.2) is 6.04 Å². The monoisotopic (exact) mass is 398 g/mol. The summed E-state index contributed by atoms with van der Waals surface area (Å²) in [6.45, 7) is 0.820. The molecule has 3 amide bonds. The number of quaternary nitrogens is 1. The molecule has 0 aromatic heterocycles. The Labute approximate surface area is 171 Å². The van der Waals surface area contributed by atoms with Crippen LogP contribution < -0.4 is 25.0 Å². The van der Waals surface area contributed by atoms with Gasteiger partial charge in [-0.3, -0.25) is 10.1 Å². The van der Waals surface area contributed by atoms with Crippen LogP contribution in [0.4, 0.5) is 4.79 Å². The number of rotatable bonds is 6. The van der Waals surface area contributed by atoms with E-state index in [1.807, 2.05) is 48.5 Å². The molecule has 1 unspecified atom stereocenters. The van der Waals surface area contributed by atoms with Gasteiger partial charge < -0.3 is 19.7 Å². The van der Waals surface area contributed by atoms with Crippen molar-refractivity contribution in [3.8, 4) is 11.5 Å². The van der Waals surface area contributed by atoms with Crippen molar-refractivity contribution in [3.63, 3.8) is 0 Å². The minimum Gasteiger partial charge on any atom is -0.497 e. The van der Waals surface area contributed by atoms with Gasteiger partial charge >= 0.3 is 6.03 Å². The fourth-order valence-corrected chi connectivity index (χ4v) is 4.10. The van der Waals surface area contributed by atoms with Crippen molar-refractivity contribution in [2.24, 2.45) is 0 Å². The smallest absolute Gasteiger partial charge is 0.321 e. The van der Waals surface area contributed by atoms with E-state index in [1.54, 1.807) is 14.2 Å². The third-order valence-electron chi connectivity index (χ3n) is 5.45. The predicted octanol–water partition coefficient (Wildman–Crippen LogP) is 1.62. The molecule has 0 bridgehead atoms. The van der Waals surface area contributed by atoms with Crippen molar-refractivity contribution in [1.29, 1.82) is 0 Å². The van der Waals surface area contributed by atoms with E-state index in [-0.39, 0.29) is 11.9 Å². The van der Waals surface area contributed by atoms with Gasteiger partial charge in [0.1, 0.15) is 17.5 Å². The van der Waals surface area contributed by atoms with Crippen LogP contribution in [0.1, 0.15) is 36.1 Å². The first kappa shape index (κ1) is 20.7. The number of ether oxygens (including phenoxy) is 2. The van der Waals surface area contributed by atoms with Gasteiger partial charge in [-0.1, -0.05) is 30.3 Å². The number of hydrogen-bond acceptors (Lipinski definition) is 4. The molecule has 1 heterocycles. The Morgan fingerprint density at radius 1 is 1.10 bits per heavy atom. The van der Waals surface area contributed by atoms with E-state index in [1.165, 1.54) is 7.05 Å². The van der Waals surface area contributed by atoms with Gasteiger partial charge in [-0.15, -0.1) is 0 Å². The number of hydrogen-bond donors (Lipinski definition) is 3. The Kier molecular flexibility index (Phi) is 6.72. The Balaban J connectivity index is 1.99. The minimum atomic E-state index is -0.507. The number of urea groups is 1. The average molecular weight is 398 g/mol. The summed E-state index contributed by atoms with van der Waals surface area (Å²) in [6.07, 6.45) is 1.90. The van der Waals surface area contributed by atoms with Crippen LogP contribution in [0.2, 0.25) is 0 Å². The zero-order valence-electron chi connectivity index (χ0n) is 17.0. The first-order valence-electron chi connectivity index (χ1n) is 9.74. The fourth-order valence-electron chi connectivity index (χ4n) is 4.10. The van der Waals surface area contributed by atoms with E-state index < -0.39 is 12.1 Å². The quantitative estimate of drug-likeness (QED) is 0.691. The maximum Gasteiger partial charge on any atom is 0.321 e. The lowest BCUT2D eigenvalue weighted by Crippen LogP contribution is -3.11. The van der Waals surface area contributed by atoms with Crippen LogP contribution in [0.15, 0.2) is 48.5 Å². The molecule has 1 saturated heterocycles. The lowest BCUT2D eigenvalue weighted by Gasteiger charge is -2.30. The first-order valence-corrected chi connectivity index (χ1v) is 9.74. The molecule has 7 heteroatoms. The minimum absolute atomic E-state index is 0.0662. The lowest BCUT2D eigenvalue weighted by molar-refractivity contribution is -0.940. The number of carbonyl (C=O) groups excluding carboxylic acids is 2. The van der Waals surface area contributed by atoms with Gasteiger partial charge in [-0.2, -0.15) is 0 Å². The molecular formula is C22H28N3O4+. The Hall–Kier alpha value is -3.06. The van der Waals surface area contributed by atoms with Crippen LogP contribution in [0.5, 0.6) is 11.5 Å². The van der Waals surface area contributed by atoms with Gasteiger partial charge in [-0.25, -0.2) is 4.79 Å². The average Bonchev–Trinajstić information content (AvgIpc) is 3.22. The molecule has 1 aliphatic rings. The normalized spacial score (nSPS) is 19.3. The zero-order chi connectivity index (χ0) is 20.8. The van der Waals surface area contributed by atoms with E-state index in [0.717, 1.165) is 46.9 Å². The van der Waals surface area contributed by atoms with Crippen LogP contribution in [0.3, 0.4) is 0 Å². The highest BCUT2D eigenvalue weighted by Crippen LogP contribution is 2.33. The highest BCUT2D eigenvalue weighted by Gasteiger charge is 2.42. The molecule has 3 rings (SSSR count). The Bertz CT molecular complexity index is 856. The summed E-state index contributed by atoms with van der Waals surface area (Å²) in [6, 6.07) is 14.4. The van der Waals surface area contributed by atoms with Crippen LogP contribution in [0.25, 0.3) is 0 Å². The molecule has 154 valence electrons. The summed E-state index contributed by atoms with van der Waals surface area (Å²) in [5.41, 5.74) is 1.91. The number of amides is 3. The van der Waals surface area contributed by atoms with Crippen molar-refractivity contribution in [1.82, 2.24) is 10.6 Å². The van der Waals surface area contributed by atoms with E-state index in [0.29, 0.717) is 0 Å². The van der Waals surface area contributed by atoms with E-state index in [4.69, 9.17) is 9.47 Å². The van der Waals surface area contributed by atoms with E-state index in [2.05, 4.69) is 10.6 Å². The molecule has 1 aliphatic heterocycles. The summed E-state index contributed by atoms with van der Waals surface area (Å²) in [4.78, 5) is 26.0. The molecule has 0 radical (unpaired) electrons. The molecule has 0 spiro atoms. The van der Waals surface area contributed by atoms with Crippen molar-refractivity contribution >= 4 is 11.9 Å². The second kappa shape index (κ2) is 9.43. The number of carbonyl (C=O) groups is 2. The van der Waals surface area contributed by atoms with Crippen molar-refractivity contribution in [2.45, 2.75) is 24.9 Å². The summed E-state index contributed by atoms with van der Waals surface area (Å²) >= 11 is 0. The SMILES string of the molecule is CNC(=O)NC(=O)[C@@H](c1ccccc1)[NH+]1CCC[C@@H]1c1ccc(OC)cc1OC. The molecular weight excluding hydrogens is 370 g/mol. The molecule has 1 fully saturated rings. The van der Waals surface area contributed by atoms with Gasteiger partial charge in [-0.05, 0) is 12.1 Å². The van der Waals surface area contributed by atoms with E-state index >= 15 is 0 Å². The maximum atomic E-state index is 13.1. The van der Waals surface area contributed by atoms with Crippen molar-refractivity contribution in [2.75, 3.05) is 27.8 Å². The summed E-state index contributed by atoms with van der Waals surface area (Å²) in [5, 5.41) is 4.92. The van der Waals surface area contributed by atoms with Gasteiger partial charge in [0.25, 0.3) is 5.91 Å². The van der Waals surface area contributed by atoms with Crippen LogP contribution in [-0.4, -0.2) is 39.8 Å². The highest BCUT2D eigenvalue weighted by atomic mass is 16.5. The number of likely N-dealkylation sites (tertiary alicyclic amines) is 1. The van der Waals surface area contributed by atoms with Gasteiger partial charge in [0, 0.05) is 31.5 Å². The highest BCUT2D eigenvalue weighted by molar-refractivity contribution is 5.96. The van der Waals surface area contributed by atoms with Crippen molar-refractivity contribution in [3.05, 3.63) is 59.7 Å². The summed E-state index contributed by atoms with van der Waals surface area (Å²) < 4.78 is 10.9. The largest absolute Gasteiger partial charge is 0.497 e.